The molecular formula is C20H17Cl2N5O3S. The monoisotopic (exact) mass is 477 g/mol. The molecule has 0 aliphatic heterocycles. The summed E-state index contributed by atoms with van der Waals surface area (Å²) in [5.41, 5.74) is -1.10. The highest BCUT2D eigenvalue weighted by Crippen LogP contribution is 2.32. The van der Waals surface area contributed by atoms with Crippen LogP contribution in [0.5, 0.6) is 0 Å². The van der Waals surface area contributed by atoms with Crippen LogP contribution in [0.2, 0.25) is 10.0 Å². The first-order valence-electron chi connectivity index (χ1n) is 9.12. The maximum absolute atomic E-state index is 13.1. The Kier molecular flexibility index (Phi) is 5.96. The molecule has 4 rings (SSSR count). The zero-order valence-corrected chi connectivity index (χ0v) is 18.3. The molecule has 8 nitrogen and oxygen atoms in total. The molecule has 0 spiro atoms. The van der Waals surface area contributed by atoms with Gasteiger partial charge in [-0.15, -0.1) is 0 Å². The van der Waals surface area contributed by atoms with Crippen molar-refractivity contribution in [1.29, 1.82) is 0 Å². The smallest absolute Gasteiger partial charge is 0.242 e. The summed E-state index contributed by atoms with van der Waals surface area (Å²) in [5, 5.41) is 16.8. The molecule has 1 atom stereocenters. The van der Waals surface area contributed by atoms with Gasteiger partial charge in [0.2, 0.25) is 10.0 Å². The lowest BCUT2D eigenvalue weighted by molar-refractivity contribution is 0.0204. The molecule has 0 fully saturated rings. The van der Waals surface area contributed by atoms with E-state index in [2.05, 4.69) is 19.8 Å². The van der Waals surface area contributed by atoms with E-state index in [0.717, 1.165) is 0 Å². The fourth-order valence-corrected chi connectivity index (χ4v) is 5.12. The molecule has 0 amide bonds. The van der Waals surface area contributed by atoms with Crippen LogP contribution in [0.15, 0.2) is 72.3 Å². The van der Waals surface area contributed by atoms with Crippen molar-refractivity contribution in [3.8, 4) is 0 Å². The predicted octanol–water partition coefficient (Wildman–Crippen LogP) is 3.00. The van der Waals surface area contributed by atoms with E-state index in [9.17, 15) is 13.5 Å². The maximum atomic E-state index is 13.1. The molecule has 0 saturated heterocycles. The zero-order chi connectivity index (χ0) is 22.1. The number of nitrogens with zero attached hydrogens (tertiary/aromatic N) is 4. The number of para-hydroxylation sites is 1. The summed E-state index contributed by atoms with van der Waals surface area (Å²) in [6, 6.07) is 13.0. The molecule has 2 heterocycles. The van der Waals surface area contributed by atoms with Gasteiger partial charge in [0.1, 0.15) is 23.2 Å². The quantitative estimate of drug-likeness (QED) is 0.423. The molecular weight excluding hydrogens is 461 g/mol. The van der Waals surface area contributed by atoms with E-state index in [1.807, 2.05) is 0 Å². The molecule has 0 aliphatic rings. The van der Waals surface area contributed by atoms with Crippen LogP contribution in [-0.4, -0.2) is 39.8 Å². The highest BCUT2D eigenvalue weighted by Gasteiger charge is 2.35. The molecule has 31 heavy (non-hydrogen) atoms. The van der Waals surface area contributed by atoms with Gasteiger partial charge in [0.05, 0.1) is 12.1 Å². The summed E-state index contributed by atoms with van der Waals surface area (Å²) in [6.07, 6.45) is 4.25. The second kappa shape index (κ2) is 8.52. The van der Waals surface area contributed by atoms with Gasteiger partial charge >= 0.3 is 0 Å². The third-order valence-electron chi connectivity index (χ3n) is 4.76. The molecule has 4 aromatic rings. The Balaban J connectivity index is 1.70. The average molecular weight is 478 g/mol. The molecule has 2 aromatic carbocycles. The lowest BCUT2D eigenvalue weighted by atomic mass is 9.94. The van der Waals surface area contributed by atoms with Crippen molar-refractivity contribution >= 4 is 44.1 Å². The van der Waals surface area contributed by atoms with Crippen molar-refractivity contribution in [2.75, 3.05) is 6.54 Å². The molecule has 1 unspecified atom stereocenters. The van der Waals surface area contributed by atoms with Gasteiger partial charge in [0.25, 0.3) is 0 Å². The average Bonchev–Trinajstić information content (AvgIpc) is 3.24. The van der Waals surface area contributed by atoms with Crippen LogP contribution in [0.4, 0.5) is 0 Å². The molecule has 0 bridgehead atoms. The number of sulfonamides is 1. The first-order valence-corrected chi connectivity index (χ1v) is 11.4. The number of aliphatic hydroxyl groups is 1. The van der Waals surface area contributed by atoms with E-state index in [1.54, 1.807) is 36.4 Å². The number of hydrogen-bond donors (Lipinski definition) is 2. The number of rotatable bonds is 7. The van der Waals surface area contributed by atoms with Gasteiger partial charge in [-0.1, -0.05) is 47.5 Å². The molecule has 11 heteroatoms. The van der Waals surface area contributed by atoms with E-state index < -0.39 is 15.6 Å². The minimum absolute atomic E-state index is 0.0101. The van der Waals surface area contributed by atoms with E-state index in [-0.39, 0.29) is 23.0 Å². The zero-order valence-electron chi connectivity index (χ0n) is 16.0. The van der Waals surface area contributed by atoms with Gasteiger partial charge in [-0.3, -0.25) is 4.98 Å². The number of fused-ring (bicyclic) bond motifs is 1. The summed E-state index contributed by atoms with van der Waals surface area (Å²) in [5.74, 6) is 0. The Morgan fingerprint density at radius 1 is 1.13 bits per heavy atom. The minimum Gasteiger partial charge on any atom is -0.382 e. The Morgan fingerprint density at radius 3 is 2.68 bits per heavy atom. The van der Waals surface area contributed by atoms with Gasteiger partial charge in [0.15, 0.2) is 0 Å². The molecule has 0 saturated carbocycles. The van der Waals surface area contributed by atoms with Gasteiger partial charge < -0.3 is 5.11 Å². The summed E-state index contributed by atoms with van der Waals surface area (Å²) in [7, 11) is -4.01. The minimum atomic E-state index is -4.01. The summed E-state index contributed by atoms with van der Waals surface area (Å²) >= 11 is 12.3. The van der Waals surface area contributed by atoms with Crippen molar-refractivity contribution in [2.45, 2.75) is 17.0 Å². The van der Waals surface area contributed by atoms with E-state index in [1.165, 1.54) is 35.7 Å². The summed E-state index contributed by atoms with van der Waals surface area (Å²) in [6.45, 7) is -0.468. The molecule has 0 aliphatic carbocycles. The van der Waals surface area contributed by atoms with Crippen LogP contribution in [0, 0.1) is 0 Å². The largest absolute Gasteiger partial charge is 0.382 e. The van der Waals surface area contributed by atoms with E-state index >= 15 is 0 Å². The Morgan fingerprint density at radius 2 is 1.94 bits per heavy atom. The second-order valence-electron chi connectivity index (χ2n) is 6.90. The van der Waals surface area contributed by atoms with Gasteiger partial charge in [-0.05, 0) is 24.3 Å². The van der Waals surface area contributed by atoms with Gasteiger partial charge in [-0.2, -0.15) is 5.10 Å². The van der Waals surface area contributed by atoms with Crippen molar-refractivity contribution in [3.63, 3.8) is 0 Å². The standard InChI is InChI=1S/C20H17Cl2N5O3S/c21-15-6-7-16(17(22)9-15)20(28,11-27-13-23-12-25-27)10-26-31(29,30)18-5-1-3-14-4-2-8-24-19(14)18/h1-9,12-13,26,28H,10-11H2. The molecule has 2 aromatic heterocycles. The van der Waals surface area contributed by atoms with Gasteiger partial charge in [0, 0.05) is 33.7 Å². The summed E-state index contributed by atoms with van der Waals surface area (Å²) in [4.78, 5) is 8.07. The third kappa shape index (κ3) is 4.56. The Labute approximate surface area is 188 Å². The summed E-state index contributed by atoms with van der Waals surface area (Å²) < 4.78 is 30.1. The number of halogens is 2. The van der Waals surface area contributed by atoms with Crippen molar-refractivity contribution in [3.05, 3.63) is 83.0 Å². The van der Waals surface area contributed by atoms with Crippen LogP contribution >= 0.6 is 23.2 Å². The first kappa shape index (κ1) is 21.7. The van der Waals surface area contributed by atoms with E-state index in [0.29, 0.717) is 21.5 Å². The predicted molar refractivity (Wildman–Crippen MR) is 117 cm³/mol. The number of hydrogen-bond acceptors (Lipinski definition) is 6. The van der Waals surface area contributed by atoms with Gasteiger partial charge in [-0.25, -0.2) is 22.8 Å². The third-order valence-corrected chi connectivity index (χ3v) is 6.74. The topological polar surface area (TPSA) is 110 Å². The number of pyridine rings is 1. The second-order valence-corrected chi connectivity index (χ2v) is 9.48. The highest BCUT2D eigenvalue weighted by molar-refractivity contribution is 7.89. The molecule has 2 N–H and O–H groups in total. The molecule has 160 valence electrons. The normalized spacial score (nSPS) is 13.9. The first-order chi connectivity index (χ1) is 14.8. The number of aromatic nitrogens is 4. The highest BCUT2D eigenvalue weighted by atomic mass is 35.5. The van der Waals surface area contributed by atoms with Crippen molar-refractivity contribution in [2.24, 2.45) is 0 Å². The van der Waals surface area contributed by atoms with Crippen LogP contribution in [-0.2, 0) is 22.2 Å². The van der Waals surface area contributed by atoms with Crippen molar-refractivity contribution in [1.82, 2.24) is 24.5 Å². The SMILES string of the molecule is O=S(=O)(NCC(O)(Cn1cncn1)c1ccc(Cl)cc1Cl)c1cccc2cccnc12. The number of nitrogens with one attached hydrogen (secondary N) is 1. The fraction of sp³-hybridized carbons (Fsp3) is 0.150. The fourth-order valence-electron chi connectivity index (χ4n) is 3.27. The van der Waals surface area contributed by atoms with Crippen molar-refractivity contribution < 1.29 is 13.5 Å². The van der Waals surface area contributed by atoms with Crippen LogP contribution < -0.4 is 4.72 Å². The lowest BCUT2D eigenvalue weighted by Gasteiger charge is -2.29. The molecule has 0 radical (unpaired) electrons. The Bertz CT molecular complexity index is 1330. The number of benzene rings is 2. The van der Waals surface area contributed by atoms with Crippen LogP contribution in [0.25, 0.3) is 10.9 Å². The maximum Gasteiger partial charge on any atom is 0.242 e. The lowest BCUT2D eigenvalue weighted by Crippen LogP contribution is -2.44. The van der Waals surface area contributed by atoms with Crippen LogP contribution in [0.3, 0.4) is 0 Å². The Hall–Kier alpha value is -2.56. The van der Waals surface area contributed by atoms with Crippen LogP contribution in [0.1, 0.15) is 5.56 Å². The van der Waals surface area contributed by atoms with E-state index in [4.69, 9.17) is 23.2 Å².